The van der Waals surface area contributed by atoms with Gasteiger partial charge in [0.1, 0.15) is 5.75 Å². The van der Waals surface area contributed by atoms with Crippen LogP contribution in [0.25, 0.3) is 0 Å². The fraction of sp³-hybridized carbons (Fsp3) is 0.550. The first kappa shape index (κ1) is 18.0. The molecule has 0 amide bonds. The minimum absolute atomic E-state index is 0.0826. The molecule has 1 N–H and O–H groups in total. The van der Waals surface area contributed by atoms with Crippen molar-refractivity contribution < 1.29 is 9.84 Å². The predicted molar refractivity (Wildman–Crippen MR) is 98.7 cm³/mol. The minimum Gasteiger partial charge on any atom is -0.497 e. The first-order valence-electron chi connectivity index (χ1n) is 8.99. The molecule has 1 atom stereocenters. The average Bonchev–Trinajstić information content (AvgIpc) is 2.92. The molecular formula is C20H29N3O2. The van der Waals surface area contributed by atoms with Gasteiger partial charge in [0, 0.05) is 37.3 Å². The summed E-state index contributed by atoms with van der Waals surface area (Å²) in [6.45, 7) is 5.17. The van der Waals surface area contributed by atoms with Gasteiger partial charge in [0.15, 0.2) is 0 Å². The van der Waals surface area contributed by atoms with Crippen LogP contribution in [0, 0.1) is 12.3 Å². The third-order valence-electron chi connectivity index (χ3n) is 5.30. The number of aliphatic hydroxyl groups is 1. The van der Waals surface area contributed by atoms with E-state index in [2.05, 4.69) is 35.3 Å². The third kappa shape index (κ3) is 4.22. The Morgan fingerprint density at radius 2 is 2.20 bits per heavy atom. The molecule has 1 aliphatic rings. The van der Waals surface area contributed by atoms with Crippen LogP contribution in [0.2, 0.25) is 0 Å². The highest BCUT2D eigenvalue weighted by molar-refractivity contribution is 5.29. The lowest BCUT2D eigenvalue weighted by Crippen LogP contribution is -2.46. The zero-order valence-electron chi connectivity index (χ0n) is 15.5. The molecule has 0 aliphatic carbocycles. The summed E-state index contributed by atoms with van der Waals surface area (Å²) in [6.07, 6.45) is 5.16. The van der Waals surface area contributed by atoms with Crippen LogP contribution >= 0.6 is 0 Å². The van der Waals surface area contributed by atoms with Gasteiger partial charge < -0.3 is 9.84 Å². The molecule has 5 nitrogen and oxygen atoms in total. The molecule has 0 radical (unpaired) electrons. The Bertz CT molecular complexity index is 713. The molecule has 1 aromatic carbocycles. The second-order valence-corrected chi connectivity index (χ2v) is 7.41. The third-order valence-corrected chi connectivity index (χ3v) is 5.30. The molecule has 3 rings (SSSR count). The normalized spacial score (nSPS) is 21.4. The molecule has 1 aliphatic heterocycles. The highest BCUT2D eigenvalue weighted by atomic mass is 16.5. The molecular weight excluding hydrogens is 314 g/mol. The molecule has 25 heavy (non-hydrogen) atoms. The van der Waals surface area contributed by atoms with Crippen molar-refractivity contribution in [3.63, 3.8) is 0 Å². The summed E-state index contributed by atoms with van der Waals surface area (Å²) >= 11 is 0. The van der Waals surface area contributed by atoms with Crippen LogP contribution in [0.4, 0.5) is 0 Å². The molecule has 1 fully saturated rings. The number of ether oxygens (including phenoxy) is 1. The van der Waals surface area contributed by atoms with Gasteiger partial charge in [-0.2, -0.15) is 5.10 Å². The number of methoxy groups -OCH3 is 1. The van der Waals surface area contributed by atoms with Gasteiger partial charge in [0.2, 0.25) is 0 Å². The van der Waals surface area contributed by atoms with E-state index in [1.54, 1.807) is 7.11 Å². The fourth-order valence-corrected chi connectivity index (χ4v) is 4.03. The van der Waals surface area contributed by atoms with Gasteiger partial charge in [-0.3, -0.25) is 9.58 Å². The zero-order valence-corrected chi connectivity index (χ0v) is 15.5. The Balaban J connectivity index is 1.73. The largest absolute Gasteiger partial charge is 0.497 e. The van der Waals surface area contributed by atoms with Crippen LogP contribution in [0.15, 0.2) is 30.5 Å². The van der Waals surface area contributed by atoms with Gasteiger partial charge in [0.05, 0.1) is 19.4 Å². The molecule has 0 saturated carbocycles. The second kappa shape index (κ2) is 7.58. The van der Waals surface area contributed by atoms with Crippen LogP contribution in [0.3, 0.4) is 0 Å². The summed E-state index contributed by atoms with van der Waals surface area (Å²) in [5.41, 5.74) is 3.52. The Morgan fingerprint density at radius 3 is 2.88 bits per heavy atom. The molecule has 2 heterocycles. The first-order valence-corrected chi connectivity index (χ1v) is 8.99. The van der Waals surface area contributed by atoms with Crippen LogP contribution in [-0.4, -0.2) is 46.6 Å². The maximum atomic E-state index is 10.2. The maximum absolute atomic E-state index is 10.2. The van der Waals surface area contributed by atoms with Crippen molar-refractivity contribution in [3.8, 4) is 5.75 Å². The maximum Gasteiger partial charge on any atom is 0.119 e. The summed E-state index contributed by atoms with van der Waals surface area (Å²) in [5.74, 6) is 0.879. The fourth-order valence-electron chi connectivity index (χ4n) is 4.03. The van der Waals surface area contributed by atoms with Crippen molar-refractivity contribution in [1.82, 2.24) is 14.7 Å². The molecule has 0 bridgehead atoms. The summed E-state index contributed by atoms with van der Waals surface area (Å²) in [4.78, 5) is 2.46. The minimum atomic E-state index is -0.0826. The quantitative estimate of drug-likeness (QED) is 0.876. The molecule has 0 unspecified atom stereocenters. The zero-order chi connectivity index (χ0) is 17.9. The molecule has 0 spiro atoms. The van der Waals surface area contributed by atoms with Crippen molar-refractivity contribution in [3.05, 3.63) is 47.3 Å². The Labute approximate surface area is 150 Å². The number of hydrogen-bond acceptors (Lipinski definition) is 4. The number of nitrogens with zero attached hydrogens (tertiary/aromatic N) is 3. The van der Waals surface area contributed by atoms with E-state index >= 15 is 0 Å². The van der Waals surface area contributed by atoms with Crippen LogP contribution in [0.5, 0.6) is 5.75 Å². The van der Waals surface area contributed by atoms with Crippen LogP contribution in [0.1, 0.15) is 29.7 Å². The second-order valence-electron chi connectivity index (χ2n) is 7.41. The average molecular weight is 343 g/mol. The number of hydrogen-bond donors (Lipinski definition) is 1. The van der Waals surface area contributed by atoms with Crippen molar-refractivity contribution in [2.75, 3.05) is 26.8 Å². The Kier molecular flexibility index (Phi) is 5.45. The molecule has 136 valence electrons. The number of rotatable bonds is 6. The summed E-state index contributed by atoms with van der Waals surface area (Å²) in [7, 11) is 3.66. The van der Waals surface area contributed by atoms with Gasteiger partial charge in [-0.25, -0.2) is 0 Å². The van der Waals surface area contributed by atoms with E-state index < -0.39 is 0 Å². The van der Waals surface area contributed by atoms with E-state index in [4.69, 9.17) is 4.74 Å². The van der Waals surface area contributed by atoms with Gasteiger partial charge in [-0.15, -0.1) is 0 Å². The van der Waals surface area contributed by atoms with E-state index in [1.165, 1.54) is 11.1 Å². The summed E-state index contributed by atoms with van der Waals surface area (Å²) in [6, 6.07) is 8.21. The smallest absolute Gasteiger partial charge is 0.119 e. The number of aryl methyl sites for hydroxylation is 2. The lowest BCUT2D eigenvalue weighted by atomic mass is 9.75. The molecule has 2 aromatic rings. The van der Waals surface area contributed by atoms with Gasteiger partial charge in [0.25, 0.3) is 0 Å². The monoisotopic (exact) mass is 343 g/mol. The number of aliphatic hydroxyl groups excluding tert-OH is 1. The van der Waals surface area contributed by atoms with E-state index in [9.17, 15) is 5.11 Å². The Hall–Kier alpha value is -1.85. The van der Waals surface area contributed by atoms with Gasteiger partial charge in [-0.05, 0) is 50.4 Å². The van der Waals surface area contributed by atoms with Crippen LogP contribution in [-0.2, 0) is 20.0 Å². The van der Waals surface area contributed by atoms with E-state index in [0.717, 1.165) is 50.3 Å². The number of aromatic nitrogens is 2. The summed E-state index contributed by atoms with van der Waals surface area (Å²) < 4.78 is 7.22. The number of piperidine rings is 1. The van der Waals surface area contributed by atoms with Crippen LogP contribution < -0.4 is 4.74 Å². The standard InChI is InChI=1S/C20H29N3O2/c1-16-18(12-22(2)21-16)13-23-9-5-8-20(14-23,15-24)11-17-6-4-7-19(10-17)25-3/h4,6-7,10,12,24H,5,8-9,11,13-15H2,1-3H3/t20-/m1/s1. The van der Waals surface area contributed by atoms with Gasteiger partial charge >= 0.3 is 0 Å². The first-order chi connectivity index (χ1) is 12.0. The predicted octanol–water partition coefficient (Wildman–Crippen LogP) is 2.55. The number of likely N-dealkylation sites (tertiary alicyclic amines) is 1. The highest BCUT2D eigenvalue weighted by Crippen LogP contribution is 2.34. The number of benzene rings is 1. The van der Waals surface area contributed by atoms with Crippen molar-refractivity contribution in [1.29, 1.82) is 0 Å². The molecule has 1 saturated heterocycles. The topological polar surface area (TPSA) is 50.5 Å². The molecule has 1 aromatic heterocycles. The SMILES string of the molecule is COc1cccc(C[C@]2(CO)CCCN(Cc3cn(C)nc3C)C2)c1. The highest BCUT2D eigenvalue weighted by Gasteiger charge is 2.35. The Morgan fingerprint density at radius 1 is 1.36 bits per heavy atom. The van der Waals surface area contributed by atoms with Crippen molar-refractivity contribution in [2.45, 2.75) is 32.7 Å². The van der Waals surface area contributed by atoms with Gasteiger partial charge in [-0.1, -0.05) is 12.1 Å². The van der Waals surface area contributed by atoms with Crippen molar-refractivity contribution in [2.24, 2.45) is 12.5 Å². The molecule has 5 heteroatoms. The lowest BCUT2D eigenvalue weighted by Gasteiger charge is -2.42. The van der Waals surface area contributed by atoms with Crippen molar-refractivity contribution >= 4 is 0 Å². The van der Waals surface area contributed by atoms with E-state index in [1.807, 2.05) is 23.9 Å². The van der Waals surface area contributed by atoms with E-state index in [0.29, 0.717) is 0 Å². The van der Waals surface area contributed by atoms with E-state index in [-0.39, 0.29) is 12.0 Å². The lowest BCUT2D eigenvalue weighted by molar-refractivity contribution is 0.0287. The summed E-state index contributed by atoms with van der Waals surface area (Å²) in [5, 5.41) is 14.6.